The Labute approximate surface area is 128 Å². The SMILES string of the molecule is CCC(C)c1ccc2nc(NC(=O)CCCCl)sc2c1. The van der Waals surface area contributed by atoms with Gasteiger partial charge in [0.25, 0.3) is 0 Å². The lowest BCUT2D eigenvalue weighted by Crippen LogP contribution is -2.10. The number of amides is 1. The van der Waals surface area contributed by atoms with Crippen molar-refractivity contribution in [2.75, 3.05) is 11.2 Å². The van der Waals surface area contributed by atoms with Gasteiger partial charge >= 0.3 is 0 Å². The molecule has 1 heterocycles. The average molecular weight is 311 g/mol. The summed E-state index contributed by atoms with van der Waals surface area (Å²) in [5.74, 6) is 1.03. The lowest BCUT2D eigenvalue weighted by Gasteiger charge is -2.07. The van der Waals surface area contributed by atoms with Crippen molar-refractivity contribution < 1.29 is 4.79 Å². The molecular weight excluding hydrogens is 292 g/mol. The minimum absolute atomic E-state index is 0.0214. The molecule has 0 spiro atoms. The van der Waals surface area contributed by atoms with E-state index in [0.717, 1.165) is 16.6 Å². The zero-order chi connectivity index (χ0) is 14.5. The summed E-state index contributed by atoms with van der Waals surface area (Å²) in [6.45, 7) is 4.40. The molecule has 1 unspecified atom stereocenters. The van der Waals surface area contributed by atoms with Crippen LogP contribution in [0, 0.1) is 0 Å². The molecule has 1 aromatic carbocycles. The third kappa shape index (κ3) is 3.70. The molecule has 1 aromatic heterocycles. The van der Waals surface area contributed by atoms with Crippen LogP contribution in [0.25, 0.3) is 10.2 Å². The second kappa shape index (κ2) is 7.04. The van der Waals surface area contributed by atoms with Crippen molar-refractivity contribution in [1.29, 1.82) is 0 Å². The van der Waals surface area contributed by atoms with Crippen LogP contribution < -0.4 is 5.32 Å². The Bertz CT molecular complexity index is 597. The summed E-state index contributed by atoms with van der Waals surface area (Å²) in [5.41, 5.74) is 2.26. The van der Waals surface area contributed by atoms with Gasteiger partial charge in [0.1, 0.15) is 0 Å². The van der Waals surface area contributed by atoms with Crippen molar-refractivity contribution >= 4 is 44.2 Å². The molecule has 3 nitrogen and oxygen atoms in total. The molecule has 1 atom stereocenters. The highest BCUT2D eigenvalue weighted by molar-refractivity contribution is 7.22. The van der Waals surface area contributed by atoms with E-state index in [1.54, 1.807) is 0 Å². The molecule has 2 aromatic rings. The van der Waals surface area contributed by atoms with Crippen molar-refractivity contribution in [2.45, 2.75) is 39.0 Å². The van der Waals surface area contributed by atoms with E-state index in [9.17, 15) is 4.79 Å². The maximum absolute atomic E-state index is 11.7. The summed E-state index contributed by atoms with van der Waals surface area (Å²) in [6, 6.07) is 6.33. The van der Waals surface area contributed by atoms with E-state index in [4.69, 9.17) is 11.6 Å². The van der Waals surface area contributed by atoms with E-state index in [1.807, 2.05) is 6.07 Å². The number of alkyl halides is 1. The molecule has 0 saturated carbocycles. The zero-order valence-electron chi connectivity index (χ0n) is 11.8. The molecule has 2 rings (SSSR count). The highest BCUT2D eigenvalue weighted by Gasteiger charge is 2.10. The normalized spacial score (nSPS) is 12.6. The average Bonchev–Trinajstić information content (AvgIpc) is 2.85. The largest absolute Gasteiger partial charge is 0.302 e. The molecular formula is C15H19ClN2OS. The minimum Gasteiger partial charge on any atom is -0.302 e. The first-order valence-electron chi connectivity index (χ1n) is 6.90. The topological polar surface area (TPSA) is 42.0 Å². The van der Waals surface area contributed by atoms with Crippen LogP contribution in [0.15, 0.2) is 18.2 Å². The van der Waals surface area contributed by atoms with E-state index in [2.05, 4.69) is 36.3 Å². The first kappa shape index (κ1) is 15.3. The fraction of sp³-hybridized carbons (Fsp3) is 0.467. The molecule has 5 heteroatoms. The van der Waals surface area contributed by atoms with Crippen molar-refractivity contribution in [2.24, 2.45) is 0 Å². The van der Waals surface area contributed by atoms with Gasteiger partial charge in [-0.2, -0.15) is 0 Å². The van der Waals surface area contributed by atoms with Crippen LogP contribution in [0.2, 0.25) is 0 Å². The molecule has 0 aliphatic carbocycles. The maximum atomic E-state index is 11.7. The van der Waals surface area contributed by atoms with E-state index < -0.39 is 0 Å². The molecule has 20 heavy (non-hydrogen) atoms. The minimum atomic E-state index is -0.0214. The van der Waals surface area contributed by atoms with Gasteiger partial charge in [0, 0.05) is 12.3 Å². The summed E-state index contributed by atoms with van der Waals surface area (Å²) in [6.07, 6.45) is 2.25. The van der Waals surface area contributed by atoms with E-state index in [-0.39, 0.29) is 5.91 Å². The molecule has 1 amide bonds. The van der Waals surface area contributed by atoms with E-state index in [1.165, 1.54) is 16.9 Å². The third-order valence-electron chi connectivity index (χ3n) is 3.38. The van der Waals surface area contributed by atoms with Crippen LogP contribution in [0.1, 0.15) is 44.6 Å². The van der Waals surface area contributed by atoms with Crippen LogP contribution in [-0.4, -0.2) is 16.8 Å². The standard InChI is InChI=1S/C15H19ClN2OS/c1-3-10(2)11-6-7-12-13(9-11)20-15(17-12)18-14(19)5-4-8-16/h6-7,9-10H,3-5,8H2,1-2H3,(H,17,18,19). The summed E-state index contributed by atoms with van der Waals surface area (Å²) < 4.78 is 1.12. The fourth-order valence-corrected chi connectivity index (χ4v) is 3.01. The number of carbonyl (C=O) groups excluding carboxylic acids is 1. The van der Waals surface area contributed by atoms with Crippen LogP contribution in [0.3, 0.4) is 0 Å². The van der Waals surface area contributed by atoms with E-state index in [0.29, 0.717) is 29.8 Å². The van der Waals surface area contributed by atoms with Crippen molar-refractivity contribution in [3.8, 4) is 0 Å². The van der Waals surface area contributed by atoms with Gasteiger partial charge in [-0.25, -0.2) is 4.98 Å². The Morgan fingerprint density at radius 2 is 2.30 bits per heavy atom. The monoisotopic (exact) mass is 310 g/mol. The van der Waals surface area contributed by atoms with Crippen LogP contribution in [0.4, 0.5) is 5.13 Å². The predicted molar refractivity (Wildman–Crippen MR) is 86.9 cm³/mol. The van der Waals surface area contributed by atoms with Gasteiger partial charge in [0.2, 0.25) is 5.91 Å². The predicted octanol–water partition coefficient (Wildman–Crippen LogP) is 4.77. The lowest BCUT2D eigenvalue weighted by molar-refractivity contribution is -0.116. The Balaban J connectivity index is 2.14. The van der Waals surface area contributed by atoms with Crippen molar-refractivity contribution in [1.82, 2.24) is 4.98 Å². The molecule has 1 N–H and O–H groups in total. The number of hydrogen-bond acceptors (Lipinski definition) is 3. The number of aromatic nitrogens is 1. The summed E-state index contributed by atoms with van der Waals surface area (Å²) in [5, 5.41) is 3.51. The highest BCUT2D eigenvalue weighted by atomic mass is 35.5. The highest BCUT2D eigenvalue weighted by Crippen LogP contribution is 2.30. The number of halogens is 1. The van der Waals surface area contributed by atoms with Gasteiger partial charge in [0.05, 0.1) is 10.2 Å². The molecule has 0 bridgehead atoms. The smallest absolute Gasteiger partial charge is 0.226 e. The summed E-state index contributed by atoms with van der Waals surface area (Å²) >= 11 is 7.11. The Morgan fingerprint density at radius 3 is 3.00 bits per heavy atom. The molecule has 108 valence electrons. The summed E-state index contributed by atoms with van der Waals surface area (Å²) in [4.78, 5) is 16.1. The van der Waals surface area contributed by atoms with Crippen molar-refractivity contribution in [3.63, 3.8) is 0 Å². The lowest BCUT2D eigenvalue weighted by atomic mass is 9.99. The van der Waals surface area contributed by atoms with Gasteiger partial charge < -0.3 is 5.32 Å². The van der Waals surface area contributed by atoms with E-state index >= 15 is 0 Å². The summed E-state index contributed by atoms with van der Waals surface area (Å²) in [7, 11) is 0. The Kier molecular flexibility index (Phi) is 5.38. The van der Waals surface area contributed by atoms with Crippen LogP contribution in [-0.2, 0) is 4.79 Å². The number of rotatable bonds is 6. The number of nitrogens with one attached hydrogen (secondary N) is 1. The number of anilines is 1. The molecule has 0 fully saturated rings. The number of fused-ring (bicyclic) bond motifs is 1. The molecule has 0 aliphatic rings. The van der Waals surface area contributed by atoms with Crippen molar-refractivity contribution in [3.05, 3.63) is 23.8 Å². The number of thiazole rings is 1. The van der Waals surface area contributed by atoms with Gasteiger partial charge in [-0.15, -0.1) is 11.6 Å². The van der Waals surface area contributed by atoms with Crippen LogP contribution in [0.5, 0.6) is 0 Å². The second-order valence-electron chi connectivity index (χ2n) is 4.90. The number of hydrogen-bond donors (Lipinski definition) is 1. The Morgan fingerprint density at radius 1 is 1.50 bits per heavy atom. The first-order chi connectivity index (χ1) is 9.63. The number of carbonyl (C=O) groups is 1. The fourth-order valence-electron chi connectivity index (χ4n) is 1.95. The quantitative estimate of drug-likeness (QED) is 0.781. The third-order valence-corrected chi connectivity index (χ3v) is 4.58. The molecule has 0 aliphatic heterocycles. The van der Waals surface area contributed by atoms with Crippen LogP contribution >= 0.6 is 22.9 Å². The van der Waals surface area contributed by atoms with Gasteiger partial charge in [-0.1, -0.05) is 31.3 Å². The number of benzene rings is 1. The van der Waals surface area contributed by atoms with Gasteiger partial charge in [0.15, 0.2) is 5.13 Å². The maximum Gasteiger partial charge on any atom is 0.226 e. The Hall–Kier alpha value is -1.13. The molecule has 0 radical (unpaired) electrons. The zero-order valence-corrected chi connectivity index (χ0v) is 13.4. The second-order valence-corrected chi connectivity index (χ2v) is 6.30. The number of nitrogens with zero attached hydrogens (tertiary/aromatic N) is 1. The van der Waals surface area contributed by atoms with Gasteiger partial charge in [-0.3, -0.25) is 4.79 Å². The first-order valence-corrected chi connectivity index (χ1v) is 8.25. The molecule has 0 saturated heterocycles. The van der Waals surface area contributed by atoms with Gasteiger partial charge in [-0.05, 0) is 36.5 Å².